The van der Waals surface area contributed by atoms with Crippen LogP contribution in [-0.4, -0.2) is 25.7 Å². The molecule has 0 bridgehead atoms. The van der Waals surface area contributed by atoms with Crippen molar-refractivity contribution in [2.45, 2.75) is 0 Å². The molecule has 1 heterocycles. The summed E-state index contributed by atoms with van der Waals surface area (Å²) in [7, 11) is 0. The molecular formula is C6H8Cl2O2. The lowest BCUT2D eigenvalue weighted by Crippen LogP contribution is -2.16. The van der Waals surface area contributed by atoms with Crippen LogP contribution in [0.1, 0.15) is 0 Å². The van der Waals surface area contributed by atoms with E-state index in [0.717, 1.165) is 0 Å². The second-order valence-electron chi connectivity index (χ2n) is 1.86. The molecule has 0 saturated carbocycles. The van der Waals surface area contributed by atoms with Crippen molar-refractivity contribution < 1.29 is 9.47 Å². The first-order valence-corrected chi connectivity index (χ1v) is 3.90. The molecule has 1 aliphatic heterocycles. The van der Waals surface area contributed by atoms with Crippen LogP contribution in [0.3, 0.4) is 0 Å². The summed E-state index contributed by atoms with van der Waals surface area (Å²) in [6.07, 6.45) is 0. The van der Waals surface area contributed by atoms with Gasteiger partial charge in [0.1, 0.15) is 19.0 Å². The van der Waals surface area contributed by atoms with E-state index in [0.29, 0.717) is 36.5 Å². The molecule has 0 N–H and O–H groups in total. The zero-order chi connectivity index (χ0) is 7.40. The van der Waals surface area contributed by atoms with Gasteiger partial charge < -0.3 is 9.47 Å². The first-order chi connectivity index (χ1) is 4.84. The Labute approximate surface area is 69.7 Å². The summed E-state index contributed by atoms with van der Waals surface area (Å²) in [4.78, 5) is 0. The maximum Gasteiger partial charge on any atom is 0.137 e. The van der Waals surface area contributed by atoms with Gasteiger partial charge in [-0.25, -0.2) is 0 Å². The molecule has 4 heteroatoms. The van der Waals surface area contributed by atoms with Crippen LogP contribution in [-0.2, 0) is 9.47 Å². The van der Waals surface area contributed by atoms with E-state index in [1.807, 2.05) is 0 Å². The minimum Gasteiger partial charge on any atom is -0.492 e. The summed E-state index contributed by atoms with van der Waals surface area (Å²) in [5.74, 6) is 0.961. The largest absolute Gasteiger partial charge is 0.492 e. The van der Waals surface area contributed by atoms with Gasteiger partial charge in [-0.05, 0) is 0 Å². The van der Waals surface area contributed by atoms with E-state index in [-0.39, 0.29) is 0 Å². The maximum absolute atomic E-state index is 5.69. The fraction of sp³-hybridized carbons (Fsp3) is 0.667. The van der Waals surface area contributed by atoms with Gasteiger partial charge in [-0.15, -0.1) is 11.6 Å². The molecule has 10 heavy (non-hydrogen) atoms. The second kappa shape index (κ2) is 4.06. The summed E-state index contributed by atoms with van der Waals surface area (Å²) >= 11 is 11.1. The van der Waals surface area contributed by atoms with Gasteiger partial charge in [0.15, 0.2) is 0 Å². The molecule has 1 saturated heterocycles. The van der Waals surface area contributed by atoms with E-state index in [9.17, 15) is 0 Å². The van der Waals surface area contributed by atoms with Crippen molar-refractivity contribution >= 4 is 23.2 Å². The van der Waals surface area contributed by atoms with Crippen LogP contribution in [0, 0.1) is 0 Å². The standard InChI is InChI=1S/C6H8Cl2O2/c7-3-5(8)6-4-9-1-2-10-6/h1-4H2. The van der Waals surface area contributed by atoms with Crippen LogP contribution in [0.5, 0.6) is 0 Å². The third-order valence-corrected chi connectivity index (χ3v) is 1.91. The number of hydrogen-bond acceptors (Lipinski definition) is 2. The van der Waals surface area contributed by atoms with E-state index >= 15 is 0 Å². The molecule has 2 nitrogen and oxygen atoms in total. The summed E-state index contributed by atoms with van der Waals surface area (Å²) in [6, 6.07) is 0. The lowest BCUT2D eigenvalue weighted by atomic mass is 10.4. The summed E-state index contributed by atoms with van der Waals surface area (Å²) in [5.41, 5.74) is 0. The Balaban J connectivity index is 2.51. The van der Waals surface area contributed by atoms with Gasteiger partial charge in [0, 0.05) is 0 Å². The molecule has 0 aromatic rings. The zero-order valence-electron chi connectivity index (χ0n) is 5.40. The molecule has 0 aliphatic carbocycles. The van der Waals surface area contributed by atoms with Crippen LogP contribution in [0.2, 0.25) is 0 Å². The number of allylic oxidation sites excluding steroid dienone is 1. The fourth-order valence-electron chi connectivity index (χ4n) is 0.661. The predicted octanol–water partition coefficient (Wildman–Crippen LogP) is 1.72. The molecule has 0 aromatic carbocycles. The molecule has 1 rings (SSSR count). The zero-order valence-corrected chi connectivity index (χ0v) is 6.91. The average molecular weight is 183 g/mol. The summed E-state index contributed by atoms with van der Waals surface area (Å²) < 4.78 is 10.2. The van der Waals surface area contributed by atoms with Crippen molar-refractivity contribution in [3.63, 3.8) is 0 Å². The highest BCUT2D eigenvalue weighted by atomic mass is 35.5. The van der Waals surface area contributed by atoms with Crippen molar-refractivity contribution in [3.05, 3.63) is 10.8 Å². The highest BCUT2D eigenvalue weighted by Gasteiger charge is 2.09. The Bertz CT molecular complexity index is 137. The lowest BCUT2D eigenvalue weighted by Gasteiger charge is -2.17. The topological polar surface area (TPSA) is 18.5 Å². The van der Waals surface area contributed by atoms with E-state index < -0.39 is 0 Å². The third-order valence-electron chi connectivity index (χ3n) is 1.16. The van der Waals surface area contributed by atoms with Gasteiger partial charge in [0.2, 0.25) is 0 Å². The first-order valence-electron chi connectivity index (χ1n) is 2.98. The monoisotopic (exact) mass is 182 g/mol. The third kappa shape index (κ3) is 2.04. The molecule has 1 aliphatic rings. The maximum atomic E-state index is 5.69. The van der Waals surface area contributed by atoms with Crippen LogP contribution in [0.15, 0.2) is 10.8 Å². The Kier molecular flexibility index (Phi) is 3.32. The highest BCUT2D eigenvalue weighted by molar-refractivity contribution is 6.35. The predicted molar refractivity (Wildman–Crippen MR) is 40.4 cm³/mol. The summed E-state index contributed by atoms with van der Waals surface area (Å²) in [6.45, 7) is 1.66. The number of ether oxygens (including phenoxy) is 2. The molecule has 0 amide bonds. The van der Waals surface area contributed by atoms with Crippen molar-refractivity contribution in [1.29, 1.82) is 0 Å². The number of rotatable bonds is 1. The van der Waals surface area contributed by atoms with Gasteiger partial charge in [0.05, 0.1) is 17.5 Å². The van der Waals surface area contributed by atoms with Gasteiger partial charge >= 0.3 is 0 Å². The van der Waals surface area contributed by atoms with Crippen LogP contribution < -0.4 is 0 Å². The Morgan fingerprint density at radius 2 is 2.30 bits per heavy atom. The van der Waals surface area contributed by atoms with E-state index in [1.165, 1.54) is 0 Å². The SMILES string of the molecule is ClCC(Cl)=C1COCCO1. The normalized spacial score (nSPS) is 23.8. The summed E-state index contributed by atoms with van der Waals surface area (Å²) in [5, 5.41) is 0.543. The molecule has 0 aromatic heterocycles. The molecule has 0 unspecified atom stereocenters. The lowest BCUT2D eigenvalue weighted by molar-refractivity contribution is 0.0126. The van der Waals surface area contributed by atoms with Gasteiger partial charge in [-0.2, -0.15) is 0 Å². The quantitative estimate of drug-likeness (QED) is 0.576. The van der Waals surface area contributed by atoms with Crippen molar-refractivity contribution in [1.82, 2.24) is 0 Å². The Morgan fingerprint density at radius 1 is 1.50 bits per heavy atom. The molecule has 0 spiro atoms. The number of alkyl halides is 1. The Hall–Kier alpha value is 0.0800. The smallest absolute Gasteiger partial charge is 0.137 e. The van der Waals surface area contributed by atoms with E-state index in [1.54, 1.807) is 0 Å². The molecule has 1 fully saturated rings. The minimum atomic E-state index is 0.292. The average Bonchev–Trinajstić information content (AvgIpc) is 2.05. The highest BCUT2D eigenvalue weighted by Crippen LogP contribution is 2.15. The molecule has 0 atom stereocenters. The van der Waals surface area contributed by atoms with Crippen LogP contribution >= 0.6 is 23.2 Å². The molecular weight excluding hydrogens is 175 g/mol. The molecule has 0 radical (unpaired) electrons. The molecule has 58 valence electrons. The van der Waals surface area contributed by atoms with Gasteiger partial charge in [0.25, 0.3) is 0 Å². The van der Waals surface area contributed by atoms with Crippen molar-refractivity contribution in [3.8, 4) is 0 Å². The first kappa shape index (κ1) is 8.18. The van der Waals surface area contributed by atoms with Gasteiger partial charge in [-0.3, -0.25) is 0 Å². The van der Waals surface area contributed by atoms with E-state index in [4.69, 9.17) is 32.7 Å². The van der Waals surface area contributed by atoms with Gasteiger partial charge in [-0.1, -0.05) is 11.6 Å². The Morgan fingerprint density at radius 3 is 2.80 bits per heavy atom. The van der Waals surface area contributed by atoms with Crippen LogP contribution in [0.4, 0.5) is 0 Å². The van der Waals surface area contributed by atoms with E-state index in [2.05, 4.69) is 0 Å². The minimum absolute atomic E-state index is 0.292. The van der Waals surface area contributed by atoms with Crippen LogP contribution in [0.25, 0.3) is 0 Å². The van der Waals surface area contributed by atoms with Crippen molar-refractivity contribution in [2.24, 2.45) is 0 Å². The van der Waals surface area contributed by atoms with Crippen molar-refractivity contribution in [2.75, 3.05) is 25.7 Å². The fourth-order valence-corrected chi connectivity index (χ4v) is 0.920. The number of hydrogen-bond donors (Lipinski definition) is 0. The second-order valence-corrected chi connectivity index (χ2v) is 2.59. The number of halogens is 2.